The summed E-state index contributed by atoms with van der Waals surface area (Å²) in [5.74, 6) is 0.814. The SMILES string of the molecule is CCN(CC)C(=O)CCC1CCN(C(=O)c2ccc(C)cn2)CC1. The topological polar surface area (TPSA) is 53.5 Å². The molecule has 2 heterocycles. The Labute approximate surface area is 145 Å². The van der Waals surface area contributed by atoms with E-state index < -0.39 is 0 Å². The Morgan fingerprint density at radius 1 is 1.21 bits per heavy atom. The molecule has 0 aliphatic carbocycles. The molecule has 0 aromatic carbocycles. The Bertz CT molecular complexity index is 544. The number of rotatable bonds is 6. The lowest BCUT2D eigenvalue weighted by atomic mass is 9.91. The molecule has 5 nitrogen and oxygen atoms in total. The highest BCUT2D eigenvalue weighted by atomic mass is 16.2. The lowest BCUT2D eigenvalue weighted by molar-refractivity contribution is -0.131. The zero-order chi connectivity index (χ0) is 17.5. The smallest absolute Gasteiger partial charge is 0.272 e. The van der Waals surface area contributed by atoms with Crippen LogP contribution in [-0.4, -0.2) is 52.8 Å². The third-order valence-corrected chi connectivity index (χ3v) is 4.91. The number of piperidine rings is 1. The van der Waals surface area contributed by atoms with Crippen molar-refractivity contribution in [2.45, 2.75) is 46.5 Å². The van der Waals surface area contributed by atoms with Gasteiger partial charge >= 0.3 is 0 Å². The zero-order valence-corrected chi connectivity index (χ0v) is 15.1. The summed E-state index contributed by atoms with van der Waals surface area (Å²) in [5.41, 5.74) is 1.58. The van der Waals surface area contributed by atoms with E-state index in [4.69, 9.17) is 0 Å². The van der Waals surface area contributed by atoms with Gasteiger partial charge in [-0.3, -0.25) is 14.6 Å². The molecule has 0 bridgehead atoms. The minimum Gasteiger partial charge on any atom is -0.343 e. The van der Waals surface area contributed by atoms with Crippen molar-refractivity contribution < 1.29 is 9.59 Å². The first kappa shape index (κ1) is 18.4. The number of aryl methyl sites for hydroxylation is 1. The van der Waals surface area contributed by atoms with Crippen molar-refractivity contribution in [1.29, 1.82) is 0 Å². The molecule has 1 aromatic heterocycles. The summed E-state index contributed by atoms with van der Waals surface area (Å²) in [7, 11) is 0. The van der Waals surface area contributed by atoms with Crippen LogP contribution in [0.15, 0.2) is 18.3 Å². The highest BCUT2D eigenvalue weighted by Gasteiger charge is 2.25. The fraction of sp³-hybridized carbons (Fsp3) is 0.632. The van der Waals surface area contributed by atoms with Crippen LogP contribution < -0.4 is 0 Å². The highest BCUT2D eigenvalue weighted by Crippen LogP contribution is 2.23. The Kier molecular flexibility index (Phi) is 6.76. The van der Waals surface area contributed by atoms with E-state index in [1.54, 1.807) is 12.3 Å². The van der Waals surface area contributed by atoms with E-state index in [9.17, 15) is 9.59 Å². The van der Waals surface area contributed by atoms with Crippen molar-refractivity contribution in [1.82, 2.24) is 14.8 Å². The van der Waals surface area contributed by atoms with Crippen molar-refractivity contribution in [3.8, 4) is 0 Å². The molecule has 132 valence electrons. The number of hydrogen-bond acceptors (Lipinski definition) is 3. The molecule has 24 heavy (non-hydrogen) atoms. The quantitative estimate of drug-likeness (QED) is 0.805. The molecule has 0 radical (unpaired) electrons. The van der Waals surface area contributed by atoms with E-state index in [1.807, 2.05) is 36.6 Å². The molecule has 0 saturated carbocycles. The average molecular weight is 331 g/mol. The first-order valence-electron chi connectivity index (χ1n) is 9.04. The van der Waals surface area contributed by atoms with Gasteiger partial charge in [0.05, 0.1) is 0 Å². The van der Waals surface area contributed by atoms with Gasteiger partial charge < -0.3 is 9.80 Å². The van der Waals surface area contributed by atoms with Gasteiger partial charge in [-0.05, 0) is 57.6 Å². The van der Waals surface area contributed by atoms with Gasteiger partial charge in [0, 0.05) is 38.8 Å². The van der Waals surface area contributed by atoms with Crippen LogP contribution in [0, 0.1) is 12.8 Å². The predicted octanol–water partition coefficient (Wildman–Crippen LogP) is 2.89. The lowest BCUT2D eigenvalue weighted by Gasteiger charge is -2.32. The Morgan fingerprint density at radius 2 is 1.88 bits per heavy atom. The highest BCUT2D eigenvalue weighted by molar-refractivity contribution is 5.92. The molecule has 2 amide bonds. The summed E-state index contributed by atoms with van der Waals surface area (Å²) in [5, 5.41) is 0. The van der Waals surface area contributed by atoms with Crippen molar-refractivity contribution in [2.75, 3.05) is 26.2 Å². The fourth-order valence-electron chi connectivity index (χ4n) is 3.24. The number of amides is 2. The van der Waals surface area contributed by atoms with E-state index in [0.717, 1.165) is 51.0 Å². The first-order chi connectivity index (χ1) is 11.5. The number of hydrogen-bond donors (Lipinski definition) is 0. The monoisotopic (exact) mass is 331 g/mol. The van der Waals surface area contributed by atoms with Crippen LogP contribution in [0.4, 0.5) is 0 Å². The van der Waals surface area contributed by atoms with Gasteiger partial charge in [-0.2, -0.15) is 0 Å². The standard InChI is InChI=1S/C19H29N3O2/c1-4-21(5-2)18(23)9-7-16-10-12-22(13-11-16)19(24)17-8-6-15(3)14-20-17/h6,8,14,16H,4-5,7,9-13H2,1-3H3. The Hall–Kier alpha value is -1.91. The minimum absolute atomic E-state index is 0.0210. The molecule has 0 unspecified atom stereocenters. The number of aromatic nitrogens is 1. The van der Waals surface area contributed by atoms with Gasteiger partial charge in [0.25, 0.3) is 5.91 Å². The molecule has 1 aromatic rings. The molecule has 1 fully saturated rings. The second kappa shape index (κ2) is 8.81. The van der Waals surface area contributed by atoms with Gasteiger partial charge in [0.15, 0.2) is 0 Å². The molecular weight excluding hydrogens is 302 g/mol. The van der Waals surface area contributed by atoms with Crippen LogP contribution in [0.25, 0.3) is 0 Å². The van der Waals surface area contributed by atoms with Gasteiger partial charge in [0.2, 0.25) is 5.91 Å². The Balaban J connectivity index is 1.78. The maximum absolute atomic E-state index is 12.5. The number of nitrogens with zero attached hydrogens (tertiary/aromatic N) is 3. The molecule has 0 N–H and O–H groups in total. The minimum atomic E-state index is 0.0210. The third-order valence-electron chi connectivity index (χ3n) is 4.91. The van der Waals surface area contributed by atoms with E-state index in [0.29, 0.717) is 18.0 Å². The second-order valence-electron chi connectivity index (χ2n) is 6.56. The average Bonchev–Trinajstić information content (AvgIpc) is 2.61. The van der Waals surface area contributed by atoms with Crippen molar-refractivity contribution in [3.63, 3.8) is 0 Å². The van der Waals surface area contributed by atoms with E-state index in [2.05, 4.69) is 4.98 Å². The van der Waals surface area contributed by atoms with Crippen LogP contribution in [0.3, 0.4) is 0 Å². The fourth-order valence-corrected chi connectivity index (χ4v) is 3.24. The largest absolute Gasteiger partial charge is 0.343 e. The van der Waals surface area contributed by atoms with Gasteiger partial charge in [-0.1, -0.05) is 6.07 Å². The molecule has 0 atom stereocenters. The molecular formula is C19H29N3O2. The molecule has 5 heteroatoms. The van der Waals surface area contributed by atoms with Crippen molar-refractivity contribution in [2.24, 2.45) is 5.92 Å². The van der Waals surface area contributed by atoms with Crippen molar-refractivity contribution >= 4 is 11.8 Å². The number of carbonyl (C=O) groups excluding carboxylic acids is 2. The van der Waals surface area contributed by atoms with Gasteiger partial charge in [0.1, 0.15) is 5.69 Å². The lowest BCUT2D eigenvalue weighted by Crippen LogP contribution is -2.39. The predicted molar refractivity (Wildman–Crippen MR) is 94.8 cm³/mol. The summed E-state index contributed by atoms with van der Waals surface area (Å²) in [6.07, 6.45) is 5.24. The van der Waals surface area contributed by atoms with Crippen LogP contribution in [0.1, 0.15) is 55.6 Å². The normalized spacial score (nSPS) is 15.4. The Morgan fingerprint density at radius 3 is 2.42 bits per heavy atom. The van der Waals surface area contributed by atoms with Crippen LogP contribution >= 0.6 is 0 Å². The summed E-state index contributed by atoms with van der Waals surface area (Å²) < 4.78 is 0. The number of carbonyl (C=O) groups is 2. The van der Waals surface area contributed by atoms with E-state index in [1.165, 1.54) is 0 Å². The summed E-state index contributed by atoms with van der Waals surface area (Å²) in [6, 6.07) is 3.72. The van der Waals surface area contributed by atoms with E-state index in [-0.39, 0.29) is 11.8 Å². The van der Waals surface area contributed by atoms with Gasteiger partial charge in [-0.15, -0.1) is 0 Å². The third kappa shape index (κ3) is 4.79. The van der Waals surface area contributed by atoms with Crippen molar-refractivity contribution in [3.05, 3.63) is 29.6 Å². The van der Waals surface area contributed by atoms with Gasteiger partial charge in [-0.25, -0.2) is 0 Å². The van der Waals surface area contributed by atoms with Crippen LogP contribution in [-0.2, 0) is 4.79 Å². The molecule has 1 aliphatic rings. The maximum atomic E-state index is 12.5. The van der Waals surface area contributed by atoms with Crippen LogP contribution in [0.5, 0.6) is 0 Å². The molecule has 0 spiro atoms. The summed E-state index contributed by atoms with van der Waals surface area (Å²) in [6.45, 7) is 9.09. The summed E-state index contributed by atoms with van der Waals surface area (Å²) >= 11 is 0. The first-order valence-corrected chi connectivity index (χ1v) is 9.04. The molecule has 1 saturated heterocycles. The summed E-state index contributed by atoms with van der Waals surface area (Å²) in [4.78, 5) is 32.5. The van der Waals surface area contributed by atoms with E-state index >= 15 is 0 Å². The van der Waals surface area contributed by atoms with Crippen LogP contribution in [0.2, 0.25) is 0 Å². The maximum Gasteiger partial charge on any atom is 0.272 e. The molecule has 2 rings (SSSR count). The molecule has 1 aliphatic heterocycles. The number of likely N-dealkylation sites (tertiary alicyclic amines) is 1. The second-order valence-corrected chi connectivity index (χ2v) is 6.56. The number of pyridine rings is 1. The zero-order valence-electron chi connectivity index (χ0n) is 15.1.